The molecule has 1 unspecified atom stereocenters. The number of rotatable bonds is 3. The molecule has 0 saturated carbocycles. The number of likely N-dealkylation sites (N-methyl/N-ethyl adjacent to an activating group) is 1. The Morgan fingerprint density at radius 2 is 2.06 bits per heavy atom. The molecule has 3 nitrogen and oxygen atoms in total. The molecule has 1 N–H and O–H groups in total. The van der Waals surface area contributed by atoms with E-state index in [2.05, 4.69) is 10.1 Å². The molecule has 90 valence electrons. The number of hydrogen-bond donors (Lipinski definition) is 1. The van der Waals surface area contributed by atoms with E-state index in [9.17, 15) is 13.6 Å². The van der Waals surface area contributed by atoms with Gasteiger partial charge in [0, 0.05) is 11.6 Å². The Morgan fingerprint density at radius 3 is 2.50 bits per heavy atom. The SMILES string of the molecule is CNC(C(=O)OC)c1ccc(F)cc1F.Cl. The topological polar surface area (TPSA) is 38.3 Å². The van der Waals surface area contributed by atoms with Crippen molar-refractivity contribution in [3.05, 3.63) is 35.4 Å². The van der Waals surface area contributed by atoms with Crippen LogP contribution < -0.4 is 5.32 Å². The third kappa shape index (κ3) is 3.15. The molecular weight excluding hydrogens is 240 g/mol. The van der Waals surface area contributed by atoms with Gasteiger partial charge in [0.25, 0.3) is 0 Å². The van der Waals surface area contributed by atoms with E-state index >= 15 is 0 Å². The second-order valence-corrected chi connectivity index (χ2v) is 2.91. The monoisotopic (exact) mass is 251 g/mol. The number of benzene rings is 1. The normalized spacial score (nSPS) is 11.5. The van der Waals surface area contributed by atoms with E-state index in [1.807, 2.05) is 0 Å². The van der Waals surface area contributed by atoms with Crippen molar-refractivity contribution in [1.29, 1.82) is 0 Å². The summed E-state index contributed by atoms with van der Waals surface area (Å²) >= 11 is 0. The van der Waals surface area contributed by atoms with Crippen molar-refractivity contribution >= 4 is 18.4 Å². The van der Waals surface area contributed by atoms with Gasteiger partial charge < -0.3 is 10.1 Å². The zero-order valence-electron chi connectivity index (χ0n) is 8.79. The summed E-state index contributed by atoms with van der Waals surface area (Å²) in [5.74, 6) is -2.08. The Balaban J connectivity index is 0.00000225. The summed E-state index contributed by atoms with van der Waals surface area (Å²) in [6.45, 7) is 0. The van der Waals surface area contributed by atoms with Crippen molar-refractivity contribution in [3.63, 3.8) is 0 Å². The zero-order chi connectivity index (χ0) is 11.4. The lowest BCUT2D eigenvalue weighted by Gasteiger charge is -2.14. The first-order chi connectivity index (χ1) is 7.10. The zero-order valence-corrected chi connectivity index (χ0v) is 9.61. The number of hydrogen-bond acceptors (Lipinski definition) is 3. The predicted octanol–water partition coefficient (Wildman–Crippen LogP) is 1.82. The van der Waals surface area contributed by atoms with Gasteiger partial charge in [0.05, 0.1) is 7.11 Å². The number of nitrogens with one attached hydrogen (secondary N) is 1. The van der Waals surface area contributed by atoms with Gasteiger partial charge in [-0.25, -0.2) is 13.6 Å². The molecular formula is C10H12ClF2NO2. The Labute approximate surface area is 98.2 Å². The minimum atomic E-state index is -0.921. The molecule has 0 heterocycles. The predicted molar refractivity (Wildman–Crippen MR) is 57.4 cm³/mol. The van der Waals surface area contributed by atoms with Gasteiger partial charge in [0.1, 0.15) is 17.7 Å². The van der Waals surface area contributed by atoms with Crippen molar-refractivity contribution in [1.82, 2.24) is 5.32 Å². The molecule has 0 spiro atoms. The lowest BCUT2D eigenvalue weighted by Crippen LogP contribution is -2.27. The fourth-order valence-electron chi connectivity index (χ4n) is 1.25. The van der Waals surface area contributed by atoms with E-state index in [4.69, 9.17) is 0 Å². The van der Waals surface area contributed by atoms with E-state index in [1.165, 1.54) is 20.2 Å². The van der Waals surface area contributed by atoms with E-state index in [1.54, 1.807) is 0 Å². The number of halogens is 3. The van der Waals surface area contributed by atoms with Gasteiger partial charge in [-0.1, -0.05) is 6.07 Å². The summed E-state index contributed by atoms with van der Waals surface area (Å²) in [4.78, 5) is 11.2. The Kier molecular flexibility index (Phi) is 5.92. The van der Waals surface area contributed by atoms with Crippen molar-refractivity contribution in [3.8, 4) is 0 Å². The van der Waals surface area contributed by atoms with Crippen LogP contribution >= 0.6 is 12.4 Å². The average Bonchev–Trinajstić information content (AvgIpc) is 2.21. The molecule has 0 fully saturated rings. The van der Waals surface area contributed by atoms with Crippen LogP contribution in [0.15, 0.2) is 18.2 Å². The van der Waals surface area contributed by atoms with Crippen LogP contribution in [0.3, 0.4) is 0 Å². The molecule has 0 aliphatic carbocycles. The van der Waals surface area contributed by atoms with Gasteiger partial charge in [-0.05, 0) is 13.1 Å². The highest BCUT2D eigenvalue weighted by Crippen LogP contribution is 2.18. The van der Waals surface area contributed by atoms with Crippen molar-refractivity contribution in [2.45, 2.75) is 6.04 Å². The Morgan fingerprint density at radius 1 is 1.44 bits per heavy atom. The summed E-state index contributed by atoms with van der Waals surface area (Å²) in [7, 11) is 2.69. The fourth-order valence-corrected chi connectivity index (χ4v) is 1.25. The molecule has 0 saturated heterocycles. The van der Waals surface area contributed by atoms with Crippen LogP contribution in [-0.4, -0.2) is 20.1 Å². The molecule has 0 aromatic heterocycles. The molecule has 1 rings (SSSR count). The van der Waals surface area contributed by atoms with Crippen LogP contribution in [0.25, 0.3) is 0 Å². The van der Waals surface area contributed by atoms with Crippen molar-refractivity contribution in [2.24, 2.45) is 0 Å². The second kappa shape index (κ2) is 6.40. The molecule has 1 aromatic rings. The summed E-state index contributed by atoms with van der Waals surface area (Å²) in [5, 5.41) is 2.59. The maximum Gasteiger partial charge on any atom is 0.327 e. The summed E-state index contributed by atoms with van der Waals surface area (Å²) in [6.07, 6.45) is 0. The van der Waals surface area contributed by atoms with Crippen molar-refractivity contribution in [2.75, 3.05) is 14.2 Å². The lowest BCUT2D eigenvalue weighted by molar-refractivity contribution is -0.143. The number of esters is 1. The quantitative estimate of drug-likeness (QED) is 0.833. The first kappa shape index (κ1) is 14.8. The summed E-state index contributed by atoms with van der Waals surface area (Å²) < 4.78 is 30.4. The first-order valence-electron chi connectivity index (χ1n) is 4.30. The highest BCUT2D eigenvalue weighted by atomic mass is 35.5. The molecule has 1 atom stereocenters. The van der Waals surface area contributed by atoms with Crippen molar-refractivity contribution < 1.29 is 18.3 Å². The summed E-state index contributed by atoms with van der Waals surface area (Å²) in [6, 6.07) is 2.10. The smallest absolute Gasteiger partial charge is 0.327 e. The first-order valence-corrected chi connectivity index (χ1v) is 4.30. The van der Waals surface area contributed by atoms with Gasteiger partial charge in [-0.15, -0.1) is 12.4 Å². The lowest BCUT2D eigenvalue weighted by atomic mass is 10.1. The molecule has 6 heteroatoms. The third-order valence-electron chi connectivity index (χ3n) is 2.00. The average molecular weight is 252 g/mol. The maximum absolute atomic E-state index is 13.3. The van der Waals surface area contributed by atoms with Gasteiger partial charge in [-0.3, -0.25) is 0 Å². The van der Waals surface area contributed by atoms with E-state index in [-0.39, 0.29) is 18.0 Å². The number of carbonyl (C=O) groups is 1. The van der Waals surface area contributed by atoms with Crippen LogP contribution in [0.4, 0.5) is 8.78 Å². The number of ether oxygens (including phenoxy) is 1. The van der Waals surface area contributed by atoms with Gasteiger partial charge >= 0.3 is 5.97 Å². The van der Waals surface area contributed by atoms with Crippen LogP contribution in [0.5, 0.6) is 0 Å². The van der Waals surface area contributed by atoms with Gasteiger partial charge in [0.15, 0.2) is 0 Å². The van der Waals surface area contributed by atoms with Gasteiger partial charge in [0.2, 0.25) is 0 Å². The number of carbonyl (C=O) groups excluding carboxylic acids is 1. The number of methoxy groups -OCH3 is 1. The molecule has 0 bridgehead atoms. The minimum absolute atomic E-state index is 0. The molecule has 0 aliphatic heterocycles. The van der Waals surface area contributed by atoms with Gasteiger partial charge in [-0.2, -0.15) is 0 Å². The molecule has 0 amide bonds. The molecule has 16 heavy (non-hydrogen) atoms. The van der Waals surface area contributed by atoms with Crippen LogP contribution in [-0.2, 0) is 9.53 Å². The maximum atomic E-state index is 13.3. The Bertz CT molecular complexity index is 374. The summed E-state index contributed by atoms with van der Waals surface area (Å²) in [5.41, 5.74) is 0.0609. The van der Waals surface area contributed by atoms with Crippen LogP contribution in [0.2, 0.25) is 0 Å². The van der Waals surface area contributed by atoms with E-state index in [0.29, 0.717) is 0 Å². The standard InChI is InChI=1S/C10H11F2NO2.ClH/c1-13-9(10(14)15-2)7-4-3-6(11)5-8(7)12;/h3-5,9,13H,1-2H3;1H. The van der Waals surface area contributed by atoms with Crippen LogP contribution in [0.1, 0.15) is 11.6 Å². The molecule has 0 aliphatic rings. The van der Waals surface area contributed by atoms with E-state index < -0.39 is 23.6 Å². The fraction of sp³-hybridized carbons (Fsp3) is 0.300. The highest BCUT2D eigenvalue weighted by Gasteiger charge is 2.22. The largest absolute Gasteiger partial charge is 0.468 e. The second-order valence-electron chi connectivity index (χ2n) is 2.91. The molecule has 0 radical (unpaired) electrons. The minimum Gasteiger partial charge on any atom is -0.468 e. The molecule has 1 aromatic carbocycles. The third-order valence-corrected chi connectivity index (χ3v) is 2.00. The Hall–Kier alpha value is -1.20. The van der Waals surface area contributed by atoms with Crippen LogP contribution in [0, 0.1) is 11.6 Å². The highest BCUT2D eigenvalue weighted by molar-refractivity contribution is 5.85. The van der Waals surface area contributed by atoms with E-state index in [0.717, 1.165) is 12.1 Å².